The lowest BCUT2D eigenvalue weighted by Crippen LogP contribution is -2.32. The summed E-state index contributed by atoms with van der Waals surface area (Å²) in [7, 11) is 0. The normalized spacial score (nSPS) is 12.7. The number of aliphatic hydroxyl groups excluding tert-OH is 1. The Morgan fingerprint density at radius 2 is 1.61 bits per heavy atom. The molecule has 206 valence electrons. The lowest BCUT2D eigenvalue weighted by atomic mass is 10.1. The smallest absolute Gasteiger partial charge is 0.489 e. The van der Waals surface area contributed by atoms with Crippen molar-refractivity contribution in [1.82, 2.24) is 0 Å². The van der Waals surface area contributed by atoms with Crippen molar-refractivity contribution in [2.45, 2.75) is 55.8 Å². The maximum atomic E-state index is 13.1. The van der Waals surface area contributed by atoms with Crippen LogP contribution in [0.1, 0.15) is 30.9 Å². The van der Waals surface area contributed by atoms with Crippen LogP contribution in [0.3, 0.4) is 0 Å². The van der Waals surface area contributed by atoms with Gasteiger partial charge < -0.3 is 19.5 Å². The van der Waals surface area contributed by atoms with Crippen molar-refractivity contribution in [3.05, 3.63) is 83.9 Å². The van der Waals surface area contributed by atoms with Crippen molar-refractivity contribution >= 4 is 17.4 Å². The molecule has 0 aliphatic rings. The summed E-state index contributed by atoms with van der Waals surface area (Å²) >= 11 is -0.187. The zero-order chi connectivity index (χ0) is 27.8. The van der Waals surface area contributed by atoms with Gasteiger partial charge >= 0.3 is 11.9 Å². The van der Waals surface area contributed by atoms with E-state index >= 15 is 0 Å². The van der Waals surface area contributed by atoms with Crippen LogP contribution in [0.5, 0.6) is 11.5 Å². The molecule has 0 saturated heterocycles. The number of halogens is 6. The first-order chi connectivity index (χ1) is 17.9. The number of hydrogen-bond donors (Lipinski definition) is 1. The lowest BCUT2D eigenvalue weighted by Gasteiger charge is -2.28. The molecule has 0 amide bonds. The van der Waals surface area contributed by atoms with E-state index in [2.05, 4.69) is 4.74 Å². The summed E-state index contributed by atoms with van der Waals surface area (Å²) in [6, 6.07) is 18.4. The highest BCUT2D eigenvalue weighted by molar-refractivity contribution is 8.00. The zero-order valence-electron chi connectivity index (χ0n) is 20.4. The van der Waals surface area contributed by atoms with Crippen molar-refractivity contribution in [2.24, 2.45) is 0 Å². The number of ether oxygens (including phenoxy) is 2. The molecule has 0 aliphatic heterocycles. The number of anilines is 1. The first-order valence-corrected chi connectivity index (χ1v) is 12.6. The van der Waals surface area contributed by atoms with Gasteiger partial charge in [0.25, 0.3) is 0 Å². The third-order valence-electron chi connectivity index (χ3n) is 5.33. The third-order valence-corrected chi connectivity index (χ3v) is 6.18. The minimum atomic E-state index is -4.81. The predicted octanol–water partition coefficient (Wildman–Crippen LogP) is 7.94. The van der Waals surface area contributed by atoms with Crippen LogP contribution in [0.4, 0.5) is 32.0 Å². The Hall–Kier alpha value is -3.05. The fourth-order valence-corrected chi connectivity index (χ4v) is 4.43. The summed E-state index contributed by atoms with van der Waals surface area (Å²) in [6.07, 6.45) is -4.27. The van der Waals surface area contributed by atoms with Crippen LogP contribution in [-0.2, 0) is 13.2 Å². The SMILES string of the molecule is CCCC(O)CN(Cc1ccccc1SC(F)(F)F)c1cccc(OCc2cccc(OC(F)(F)F)c2)c1. The molecule has 1 atom stereocenters. The van der Waals surface area contributed by atoms with E-state index in [9.17, 15) is 31.4 Å². The molecule has 38 heavy (non-hydrogen) atoms. The van der Waals surface area contributed by atoms with E-state index in [1.807, 2.05) is 6.92 Å². The first-order valence-electron chi connectivity index (χ1n) is 11.8. The Morgan fingerprint density at radius 3 is 2.32 bits per heavy atom. The molecule has 0 bridgehead atoms. The molecule has 3 rings (SSSR count). The fourth-order valence-electron chi connectivity index (χ4n) is 3.77. The number of hydrogen-bond acceptors (Lipinski definition) is 5. The van der Waals surface area contributed by atoms with Gasteiger partial charge in [0, 0.05) is 29.7 Å². The Labute approximate surface area is 221 Å². The average Bonchev–Trinajstić information content (AvgIpc) is 2.82. The van der Waals surface area contributed by atoms with Crippen molar-refractivity contribution in [2.75, 3.05) is 11.4 Å². The quantitative estimate of drug-likeness (QED) is 0.180. The highest BCUT2D eigenvalue weighted by Gasteiger charge is 2.31. The van der Waals surface area contributed by atoms with Gasteiger partial charge in [-0.3, -0.25) is 0 Å². The number of alkyl halides is 6. The molecule has 0 radical (unpaired) electrons. The van der Waals surface area contributed by atoms with Crippen molar-refractivity contribution in [3.8, 4) is 11.5 Å². The van der Waals surface area contributed by atoms with Crippen LogP contribution < -0.4 is 14.4 Å². The topological polar surface area (TPSA) is 41.9 Å². The second kappa shape index (κ2) is 13.1. The van der Waals surface area contributed by atoms with Gasteiger partial charge in [-0.15, -0.1) is 13.2 Å². The number of rotatable bonds is 12. The number of thioether (sulfide) groups is 1. The first kappa shape index (κ1) is 29.5. The van der Waals surface area contributed by atoms with Crippen LogP contribution in [0.15, 0.2) is 77.7 Å². The van der Waals surface area contributed by atoms with E-state index in [-0.39, 0.29) is 42.1 Å². The van der Waals surface area contributed by atoms with Gasteiger partial charge in [0.1, 0.15) is 18.1 Å². The van der Waals surface area contributed by atoms with E-state index in [0.29, 0.717) is 29.0 Å². The Kier molecular flexibility index (Phi) is 10.2. The molecular weight excluding hydrogens is 532 g/mol. The molecule has 0 spiro atoms. The molecule has 0 saturated carbocycles. The minimum Gasteiger partial charge on any atom is -0.489 e. The van der Waals surface area contributed by atoms with Gasteiger partial charge in [-0.1, -0.05) is 49.7 Å². The minimum absolute atomic E-state index is 0.0397. The monoisotopic (exact) mass is 559 g/mol. The van der Waals surface area contributed by atoms with Gasteiger partial charge in [-0.25, -0.2) is 0 Å². The van der Waals surface area contributed by atoms with Crippen LogP contribution in [0.25, 0.3) is 0 Å². The summed E-state index contributed by atoms with van der Waals surface area (Å²) in [5, 5.41) is 10.5. The second-order valence-electron chi connectivity index (χ2n) is 8.46. The molecule has 11 heteroatoms. The lowest BCUT2D eigenvalue weighted by molar-refractivity contribution is -0.274. The van der Waals surface area contributed by atoms with Crippen LogP contribution in [-0.4, -0.2) is 29.6 Å². The number of aliphatic hydroxyl groups is 1. The third kappa shape index (κ3) is 10.0. The molecule has 3 aromatic carbocycles. The van der Waals surface area contributed by atoms with E-state index < -0.39 is 18.0 Å². The van der Waals surface area contributed by atoms with Crippen LogP contribution in [0.2, 0.25) is 0 Å². The molecule has 0 fully saturated rings. The molecule has 0 aromatic heterocycles. The van der Waals surface area contributed by atoms with Gasteiger partial charge in [0.2, 0.25) is 0 Å². The molecule has 0 aliphatic carbocycles. The van der Waals surface area contributed by atoms with Gasteiger partial charge in [0.05, 0.1) is 6.10 Å². The maximum absolute atomic E-state index is 13.1. The van der Waals surface area contributed by atoms with Gasteiger partial charge in [0.15, 0.2) is 0 Å². The molecule has 4 nitrogen and oxygen atoms in total. The average molecular weight is 560 g/mol. The van der Waals surface area contributed by atoms with Crippen LogP contribution in [0, 0.1) is 0 Å². The van der Waals surface area contributed by atoms with E-state index in [4.69, 9.17) is 4.74 Å². The van der Waals surface area contributed by atoms with E-state index in [0.717, 1.165) is 6.42 Å². The second-order valence-corrected chi connectivity index (χ2v) is 9.57. The standard InChI is InChI=1S/C27H27F6NO3S/c1-2-7-22(35)17-34(16-20-9-3-4-13-25(20)38-27(31,32)33)21-10-6-11-23(15-21)36-18-19-8-5-12-24(14-19)37-26(28,29)30/h3-6,8-15,22,35H,2,7,16-18H2,1H3. The van der Waals surface area contributed by atoms with Crippen LogP contribution >= 0.6 is 11.8 Å². The molecule has 0 heterocycles. The Balaban J connectivity index is 1.80. The van der Waals surface area contributed by atoms with Gasteiger partial charge in [-0.2, -0.15) is 13.2 Å². The Morgan fingerprint density at radius 1 is 0.895 bits per heavy atom. The van der Waals surface area contributed by atoms with Crippen molar-refractivity contribution < 1.29 is 40.9 Å². The Bertz CT molecular complexity index is 1170. The summed E-state index contributed by atoms with van der Waals surface area (Å²) in [5.41, 5.74) is -2.94. The van der Waals surface area contributed by atoms with Crippen molar-refractivity contribution in [1.29, 1.82) is 0 Å². The summed E-state index contributed by atoms with van der Waals surface area (Å²) in [4.78, 5) is 1.85. The predicted molar refractivity (Wildman–Crippen MR) is 134 cm³/mol. The molecule has 1 unspecified atom stereocenters. The summed E-state index contributed by atoms with van der Waals surface area (Å²) in [6.45, 7) is 2.17. The highest BCUT2D eigenvalue weighted by Crippen LogP contribution is 2.39. The number of nitrogens with zero attached hydrogens (tertiary/aromatic N) is 1. The summed E-state index contributed by atoms with van der Waals surface area (Å²) < 4.78 is 86.6. The van der Waals surface area contributed by atoms with Crippen molar-refractivity contribution in [3.63, 3.8) is 0 Å². The molecule has 3 aromatic rings. The largest absolute Gasteiger partial charge is 0.573 e. The fraction of sp³-hybridized carbons (Fsp3) is 0.333. The summed E-state index contributed by atoms with van der Waals surface area (Å²) in [5.74, 6) is 0.0383. The number of benzene rings is 3. The highest BCUT2D eigenvalue weighted by atomic mass is 32.2. The molecule has 1 N–H and O–H groups in total. The molecular formula is C27H27F6NO3S. The van der Waals surface area contributed by atoms with E-state index in [1.165, 1.54) is 30.3 Å². The van der Waals surface area contributed by atoms with Gasteiger partial charge in [-0.05, 0) is 59.6 Å². The zero-order valence-corrected chi connectivity index (χ0v) is 21.2. The maximum Gasteiger partial charge on any atom is 0.573 e. The van der Waals surface area contributed by atoms with E-state index in [1.54, 1.807) is 47.4 Å².